The first kappa shape index (κ1) is 16.4. The summed E-state index contributed by atoms with van der Waals surface area (Å²) in [6.45, 7) is 0.651. The van der Waals surface area contributed by atoms with Gasteiger partial charge in [0, 0.05) is 5.56 Å². The smallest absolute Gasteiger partial charge is 0.249 e. The van der Waals surface area contributed by atoms with Gasteiger partial charge in [-0.1, -0.05) is 0 Å². The van der Waals surface area contributed by atoms with E-state index < -0.39 is 5.91 Å². The minimum absolute atomic E-state index is 0.186. The molecule has 6 heteroatoms. The normalized spacial score (nSPS) is 20.7. The second-order valence-corrected chi connectivity index (χ2v) is 5.58. The van der Waals surface area contributed by atoms with Gasteiger partial charge < -0.3 is 25.7 Å². The number of primary amides is 1. The second-order valence-electron chi connectivity index (χ2n) is 5.58. The number of nitrogens with two attached hydrogens (primary N) is 2. The van der Waals surface area contributed by atoms with E-state index in [-0.39, 0.29) is 5.92 Å². The lowest BCUT2D eigenvalue weighted by Gasteiger charge is -2.22. The molecule has 122 valence electrons. The molecule has 0 saturated heterocycles. The average molecular weight is 308 g/mol. The van der Waals surface area contributed by atoms with Crippen LogP contribution < -0.4 is 25.7 Å². The monoisotopic (exact) mass is 308 g/mol. The van der Waals surface area contributed by atoms with Gasteiger partial charge in [0.25, 0.3) is 0 Å². The Labute approximate surface area is 130 Å². The Morgan fingerprint density at radius 2 is 1.86 bits per heavy atom. The van der Waals surface area contributed by atoms with Crippen molar-refractivity contribution in [1.82, 2.24) is 0 Å². The Kier molecular flexibility index (Phi) is 5.13. The topological polar surface area (TPSA) is 96.8 Å². The number of amides is 1. The van der Waals surface area contributed by atoms with Crippen LogP contribution in [-0.2, 0) is 0 Å². The van der Waals surface area contributed by atoms with Crippen molar-refractivity contribution in [3.63, 3.8) is 0 Å². The molecular formula is C16H24N2O4. The van der Waals surface area contributed by atoms with Crippen LogP contribution in [-0.4, -0.2) is 33.8 Å². The van der Waals surface area contributed by atoms with Crippen LogP contribution in [0.3, 0.4) is 0 Å². The molecule has 1 saturated carbocycles. The van der Waals surface area contributed by atoms with E-state index in [9.17, 15) is 4.79 Å². The van der Waals surface area contributed by atoms with Gasteiger partial charge in [-0.3, -0.25) is 4.79 Å². The Balaban J connectivity index is 2.61. The largest absolute Gasteiger partial charge is 0.493 e. The van der Waals surface area contributed by atoms with E-state index in [2.05, 4.69) is 0 Å². The van der Waals surface area contributed by atoms with Gasteiger partial charge in [-0.25, -0.2) is 0 Å². The van der Waals surface area contributed by atoms with Gasteiger partial charge in [0.2, 0.25) is 11.7 Å². The predicted octanol–water partition coefficient (Wildman–Crippen LogP) is 1.65. The van der Waals surface area contributed by atoms with Crippen LogP contribution in [0.25, 0.3) is 0 Å². The number of methoxy groups -OCH3 is 3. The Hall–Kier alpha value is -1.95. The van der Waals surface area contributed by atoms with Gasteiger partial charge >= 0.3 is 0 Å². The first-order valence-corrected chi connectivity index (χ1v) is 7.40. The Bertz CT molecular complexity index is 560. The molecule has 0 heterocycles. The lowest BCUT2D eigenvalue weighted by Crippen LogP contribution is -2.17. The molecular weight excluding hydrogens is 284 g/mol. The van der Waals surface area contributed by atoms with Crippen LogP contribution >= 0.6 is 0 Å². The highest BCUT2D eigenvalue weighted by molar-refractivity contribution is 5.96. The molecule has 1 aliphatic rings. The molecule has 0 radical (unpaired) electrons. The summed E-state index contributed by atoms with van der Waals surface area (Å²) in [5.41, 5.74) is 12.6. The van der Waals surface area contributed by atoms with Crippen LogP contribution in [0, 0.1) is 5.92 Å². The first-order valence-electron chi connectivity index (χ1n) is 7.40. The predicted molar refractivity (Wildman–Crippen MR) is 83.8 cm³/mol. The SMILES string of the molecule is COc1cc(C(N)=O)c([C@@H]2CC[C@H](CN)C2)c(OC)c1OC. The first-order chi connectivity index (χ1) is 10.6. The van der Waals surface area contributed by atoms with Crippen LogP contribution in [0.2, 0.25) is 0 Å². The summed E-state index contributed by atoms with van der Waals surface area (Å²) < 4.78 is 16.3. The molecule has 2 atom stereocenters. The maximum Gasteiger partial charge on any atom is 0.249 e. The van der Waals surface area contributed by atoms with Crippen molar-refractivity contribution in [3.8, 4) is 17.2 Å². The standard InChI is InChI=1S/C16H24N2O4/c1-20-12-7-11(16(18)19)13(15(22-3)14(12)21-2)10-5-4-9(6-10)8-17/h7,9-10H,4-6,8,17H2,1-3H3,(H2,18,19)/t9-,10+/m0/s1. The van der Waals surface area contributed by atoms with Gasteiger partial charge in [0.05, 0.1) is 26.9 Å². The molecule has 6 nitrogen and oxygen atoms in total. The van der Waals surface area contributed by atoms with Crippen LogP contribution in [0.5, 0.6) is 17.2 Å². The fourth-order valence-electron chi connectivity index (χ4n) is 3.34. The quantitative estimate of drug-likeness (QED) is 0.833. The fourth-order valence-corrected chi connectivity index (χ4v) is 3.34. The van der Waals surface area contributed by atoms with E-state index in [1.165, 1.54) is 7.11 Å². The minimum atomic E-state index is -0.495. The summed E-state index contributed by atoms with van der Waals surface area (Å²) in [4.78, 5) is 11.9. The maximum absolute atomic E-state index is 11.9. The molecule has 1 aromatic carbocycles. The van der Waals surface area contributed by atoms with E-state index in [0.29, 0.717) is 35.3 Å². The zero-order valence-electron chi connectivity index (χ0n) is 13.3. The number of rotatable bonds is 6. The Morgan fingerprint density at radius 1 is 1.18 bits per heavy atom. The summed E-state index contributed by atoms with van der Waals surface area (Å²) >= 11 is 0. The fraction of sp³-hybridized carbons (Fsp3) is 0.562. The molecule has 1 aliphatic carbocycles. The summed E-state index contributed by atoms with van der Waals surface area (Å²) in [6.07, 6.45) is 2.91. The van der Waals surface area contributed by atoms with Gasteiger partial charge in [-0.15, -0.1) is 0 Å². The molecule has 1 aromatic rings. The van der Waals surface area contributed by atoms with Gasteiger partial charge in [0.1, 0.15) is 0 Å². The van der Waals surface area contributed by atoms with Crippen molar-refractivity contribution in [3.05, 3.63) is 17.2 Å². The summed E-state index contributed by atoms with van der Waals surface area (Å²) in [5.74, 6) is 1.60. The average Bonchev–Trinajstić information content (AvgIpc) is 3.00. The molecule has 0 unspecified atom stereocenters. The van der Waals surface area contributed by atoms with Crippen molar-refractivity contribution in [2.75, 3.05) is 27.9 Å². The lowest BCUT2D eigenvalue weighted by molar-refractivity contribution is 0.0998. The molecule has 22 heavy (non-hydrogen) atoms. The zero-order chi connectivity index (χ0) is 16.3. The molecule has 1 amide bonds. The van der Waals surface area contributed by atoms with Crippen molar-refractivity contribution in [2.24, 2.45) is 17.4 Å². The molecule has 1 fully saturated rings. The third-order valence-electron chi connectivity index (χ3n) is 4.42. The summed E-state index contributed by atoms with van der Waals surface area (Å²) in [5, 5.41) is 0. The Morgan fingerprint density at radius 3 is 2.32 bits per heavy atom. The van der Waals surface area contributed by atoms with Gasteiger partial charge in [-0.05, 0) is 43.7 Å². The summed E-state index contributed by atoms with van der Waals surface area (Å²) in [7, 11) is 4.62. The number of hydrogen-bond acceptors (Lipinski definition) is 5. The highest BCUT2D eigenvalue weighted by Crippen LogP contribution is 2.49. The third kappa shape index (κ3) is 2.83. The third-order valence-corrected chi connectivity index (χ3v) is 4.42. The molecule has 0 bridgehead atoms. The molecule has 0 aliphatic heterocycles. The number of carbonyl (C=O) groups is 1. The van der Waals surface area contributed by atoms with E-state index in [1.54, 1.807) is 20.3 Å². The van der Waals surface area contributed by atoms with Crippen molar-refractivity contribution in [2.45, 2.75) is 25.2 Å². The number of hydrogen-bond donors (Lipinski definition) is 2. The molecule has 4 N–H and O–H groups in total. The number of carbonyl (C=O) groups excluding carboxylic acids is 1. The maximum atomic E-state index is 11.9. The van der Waals surface area contributed by atoms with Gasteiger partial charge in [0.15, 0.2) is 11.5 Å². The molecule has 0 aromatic heterocycles. The lowest BCUT2D eigenvalue weighted by atomic mass is 9.90. The highest BCUT2D eigenvalue weighted by atomic mass is 16.5. The van der Waals surface area contributed by atoms with Crippen molar-refractivity contribution in [1.29, 1.82) is 0 Å². The summed E-state index contributed by atoms with van der Waals surface area (Å²) in [6, 6.07) is 1.63. The van der Waals surface area contributed by atoms with Crippen LogP contribution in [0.4, 0.5) is 0 Å². The highest BCUT2D eigenvalue weighted by Gasteiger charge is 2.33. The van der Waals surface area contributed by atoms with Gasteiger partial charge in [-0.2, -0.15) is 0 Å². The zero-order valence-corrected chi connectivity index (χ0v) is 13.3. The van der Waals surface area contributed by atoms with Crippen LogP contribution in [0.15, 0.2) is 6.07 Å². The van der Waals surface area contributed by atoms with Crippen LogP contribution in [0.1, 0.15) is 41.1 Å². The molecule has 0 spiro atoms. The van der Waals surface area contributed by atoms with Crippen molar-refractivity contribution >= 4 is 5.91 Å². The minimum Gasteiger partial charge on any atom is -0.493 e. The number of ether oxygens (including phenoxy) is 3. The number of benzene rings is 1. The van der Waals surface area contributed by atoms with Crippen molar-refractivity contribution < 1.29 is 19.0 Å². The van der Waals surface area contributed by atoms with E-state index in [4.69, 9.17) is 25.7 Å². The van der Waals surface area contributed by atoms with E-state index in [1.807, 2.05) is 0 Å². The van der Waals surface area contributed by atoms with E-state index >= 15 is 0 Å². The molecule has 2 rings (SSSR count). The van der Waals surface area contributed by atoms with E-state index in [0.717, 1.165) is 24.8 Å². The second kappa shape index (κ2) is 6.87.